The van der Waals surface area contributed by atoms with E-state index in [2.05, 4.69) is 5.10 Å². The van der Waals surface area contributed by atoms with Gasteiger partial charge in [-0.2, -0.15) is 5.10 Å². The summed E-state index contributed by atoms with van der Waals surface area (Å²) in [6.07, 6.45) is 5.51. The normalized spacial score (nSPS) is 20.8. The summed E-state index contributed by atoms with van der Waals surface area (Å²) in [4.78, 5) is 0. The first-order valence-corrected chi connectivity index (χ1v) is 5.09. The summed E-state index contributed by atoms with van der Waals surface area (Å²) >= 11 is 5.74. The topological polar surface area (TPSA) is 64.1 Å². The molecule has 78 valence electrons. The number of nitrogens with zero attached hydrogens (tertiary/aromatic N) is 2. The van der Waals surface area contributed by atoms with Gasteiger partial charge in [0.1, 0.15) is 0 Å². The van der Waals surface area contributed by atoms with Gasteiger partial charge in [-0.1, -0.05) is 11.6 Å². The van der Waals surface area contributed by atoms with Crippen molar-refractivity contribution in [1.82, 2.24) is 9.78 Å². The third-order valence-electron chi connectivity index (χ3n) is 2.74. The van der Waals surface area contributed by atoms with Crippen LogP contribution < -0.4 is 5.73 Å². The van der Waals surface area contributed by atoms with Crippen LogP contribution in [0.4, 0.5) is 0 Å². The summed E-state index contributed by atoms with van der Waals surface area (Å²) < 4.78 is 1.69. The second-order valence-corrected chi connectivity index (χ2v) is 4.46. The zero-order valence-electron chi connectivity index (χ0n) is 7.86. The molecule has 1 aromatic rings. The second kappa shape index (κ2) is 3.53. The van der Waals surface area contributed by atoms with Crippen molar-refractivity contribution in [3.05, 3.63) is 17.4 Å². The summed E-state index contributed by atoms with van der Waals surface area (Å²) in [5.41, 5.74) is 5.56. The first-order chi connectivity index (χ1) is 6.64. The largest absolute Gasteiger partial charge is 0.394 e. The molecule has 0 aliphatic heterocycles. The Morgan fingerprint density at radius 3 is 2.86 bits per heavy atom. The maximum Gasteiger partial charge on any atom is 0.0785 e. The molecule has 3 N–H and O–H groups in total. The van der Waals surface area contributed by atoms with Crippen molar-refractivity contribution in [3.8, 4) is 0 Å². The maximum atomic E-state index is 9.26. The van der Waals surface area contributed by atoms with E-state index in [1.54, 1.807) is 17.1 Å². The fraction of sp³-hybridized carbons (Fsp3) is 0.667. The molecule has 1 atom stereocenters. The van der Waals surface area contributed by atoms with Crippen LogP contribution in [0.2, 0.25) is 5.02 Å². The molecule has 1 fully saturated rings. The lowest BCUT2D eigenvalue weighted by Gasteiger charge is -2.26. The molecule has 0 spiro atoms. The van der Waals surface area contributed by atoms with Crippen LogP contribution in [0.3, 0.4) is 0 Å². The Morgan fingerprint density at radius 1 is 1.71 bits per heavy atom. The van der Waals surface area contributed by atoms with Crippen molar-refractivity contribution in [3.63, 3.8) is 0 Å². The number of aliphatic hydroxyl groups excluding tert-OH is 1. The number of aromatic nitrogens is 2. The van der Waals surface area contributed by atoms with Gasteiger partial charge in [-0.15, -0.1) is 0 Å². The van der Waals surface area contributed by atoms with Gasteiger partial charge in [0.25, 0.3) is 0 Å². The molecule has 2 rings (SSSR count). The van der Waals surface area contributed by atoms with Crippen LogP contribution in [-0.4, -0.2) is 27.0 Å². The first kappa shape index (κ1) is 9.96. The van der Waals surface area contributed by atoms with Gasteiger partial charge in [-0.3, -0.25) is 4.68 Å². The van der Waals surface area contributed by atoms with Gasteiger partial charge in [-0.05, 0) is 18.8 Å². The highest BCUT2D eigenvalue weighted by molar-refractivity contribution is 6.30. The molecule has 1 aliphatic carbocycles. The van der Waals surface area contributed by atoms with Gasteiger partial charge >= 0.3 is 0 Å². The molecule has 4 nitrogen and oxygen atoms in total. The highest BCUT2D eigenvalue weighted by Crippen LogP contribution is 2.38. The molecular weight excluding hydrogens is 202 g/mol. The van der Waals surface area contributed by atoms with Crippen LogP contribution in [-0.2, 0) is 6.54 Å². The molecule has 1 unspecified atom stereocenters. The van der Waals surface area contributed by atoms with E-state index in [4.69, 9.17) is 17.3 Å². The lowest BCUT2D eigenvalue weighted by Crippen LogP contribution is -2.49. The van der Waals surface area contributed by atoms with E-state index in [1.807, 2.05) is 0 Å². The first-order valence-electron chi connectivity index (χ1n) is 4.72. The highest BCUT2D eigenvalue weighted by atomic mass is 35.5. The SMILES string of the molecule is NC(CO)(Cn1cc(Cl)cn1)C1CC1. The van der Waals surface area contributed by atoms with Crippen LogP contribution in [0, 0.1) is 5.92 Å². The van der Waals surface area contributed by atoms with Crippen LogP contribution in [0.25, 0.3) is 0 Å². The molecule has 0 saturated heterocycles. The van der Waals surface area contributed by atoms with Gasteiger partial charge < -0.3 is 10.8 Å². The third-order valence-corrected chi connectivity index (χ3v) is 2.94. The summed E-state index contributed by atoms with van der Waals surface area (Å²) in [6, 6.07) is 0. The van der Waals surface area contributed by atoms with Crippen molar-refractivity contribution in [2.45, 2.75) is 24.9 Å². The van der Waals surface area contributed by atoms with E-state index in [-0.39, 0.29) is 6.61 Å². The number of nitrogens with two attached hydrogens (primary N) is 1. The number of rotatable bonds is 4. The lowest BCUT2D eigenvalue weighted by molar-refractivity contribution is 0.155. The highest BCUT2D eigenvalue weighted by Gasteiger charge is 2.42. The van der Waals surface area contributed by atoms with Gasteiger partial charge in [-0.25, -0.2) is 0 Å². The van der Waals surface area contributed by atoms with Crippen molar-refractivity contribution in [1.29, 1.82) is 0 Å². The molecule has 1 aromatic heterocycles. The molecule has 1 aliphatic rings. The van der Waals surface area contributed by atoms with Crippen molar-refractivity contribution in [2.75, 3.05) is 6.61 Å². The van der Waals surface area contributed by atoms with Crippen LogP contribution in [0.1, 0.15) is 12.8 Å². The Bertz CT molecular complexity index is 324. The van der Waals surface area contributed by atoms with E-state index in [0.29, 0.717) is 17.5 Å². The summed E-state index contributed by atoms with van der Waals surface area (Å²) in [6.45, 7) is 0.524. The minimum Gasteiger partial charge on any atom is -0.394 e. The fourth-order valence-corrected chi connectivity index (χ4v) is 1.85. The van der Waals surface area contributed by atoms with E-state index >= 15 is 0 Å². The Hall–Kier alpha value is -0.580. The quantitative estimate of drug-likeness (QED) is 0.775. The van der Waals surface area contributed by atoms with Crippen LogP contribution >= 0.6 is 11.6 Å². The Morgan fingerprint density at radius 2 is 2.43 bits per heavy atom. The zero-order chi connectivity index (χ0) is 10.2. The molecule has 0 aromatic carbocycles. The Balaban J connectivity index is 2.07. The average molecular weight is 216 g/mol. The van der Waals surface area contributed by atoms with Gasteiger partial charge in [0.15, 0.2) is 0 Å². The molecule has 0 amide bonds. The molecule has 5 heteroatoms. The molecule has 0 bridgehead atoms. The smallest absolute Gasteiger partial charge is 0.0785 e. The number of aliphatic hydroxyl groups is 1. The van der Waals surface area contributed by atoms with E-state index < -0.39 is 5.54 Å². The summed E-state index contributed by atoms with van der Waals surface area (Å²) in [5.74, 6) is 0.426. The monoisotopic (exact) mass is 215 g/mol. The average Bonchev–Trinajstić information content (AvgIpc) is 2.93. The third kappa shape index (κ3) is 1.92. The summed E-state index contributed by atoms with van der Waals surface area (Å²) in [5, 5.41) is 13.9. The Labute approximate surface area is 87.7 Å². The predicted octanol–water partition coefficient (Wildman–Crippen LogP) is 0.636. The van der Waals surface area contributed by atoms with Gasteiger partial charge in [0.05, 0.1) is 29.9 Å². The standard InChI is InChI=1S/C9H14ClN3O/c10-8-3-12-13(4-8)5-9(11,6-14)7-1-2-7/h3-4,7,14H,1-2,5-6,11H2. The van der Waals surface area contributed by atoms with Gasteiger partial charge in [0.2, 0.25) is 0 Å². The predicted molar refractivity (Wildman–Crippen MR) is 54.0 cm³/mol. The van der Waals surface area contributed by atoms with E-state index in [1.165, 1.54) is 0 Å². The minimum atomic E-state index is -0.532. The van der Waals surface area contributed by atoms with Crippen LogP contribution in [0.15, 0.2) is 12.4 Å². The minimum absolute atomic E-state index is 0.00482. The number of hydrogen-bond donors (Lipinski definition) is 2. The van der Waals surface area contributed by atoms with E-state index in [0.717, 1.165) is 12.8 Å². The Kier molecular flexibility index (Phi) is 2.51. The summed E-state index contributed by atoms with van der Waals surface area (Å²) in [7, 11) is 0. The van der Waals surface area contributed by atoms with Crippen molar-refractivity contribution in [2.24, 2.45) is 11.7 Å². The molecular formula is C9H14ClN3O. The van der Waals surface area contributed by atoms with Crippen LogP contribution in [0.5, 0.6) is 0 Å². The molecule has 14 heavy (non-hydrogen) atoms. The van der Waals surface area contributed by atoms with Gasteiger partial charge in [0, 0.05) is 6.20 Å². The fourth-order valence-electron chi connectivity index (χ4n) is 1.69. The van der Waals surface area contributed by atoms with E-state index in [9.17, 15) is 5.11 Å². The zero-order valence-corrected chi connectivity index (χ0v) is 8.61. The lowest BCUT2D eigenvalue weighted by atomic mass is 9.96. The molecule has 1 saturated carbocycles. The van der Waals surface area contributed by atoms with Crippen molar-refractivity contribution >= 4 is 11.6 Å². The number of halogens is 1. The molecule has 0 radical (unpaired) electrons. The van der Waals surface area contributed by atoms with Crippen molar-refractivity contribution < 1.29 is 5.11 Å². The second-order valence-electron chi connectivity index (χ2n) is 4.02. The number of hydrogen-bond acceptors (Lipinski definition) is 3. The molecule has 1 heterocycles. The maximum absolute atomic E-state index is 9.26.